The van der Waals surface area contributed by atoms with E-state index in [2.05, 4.69) is 41.6 Å². The topological polar surface area (TPSA) is 105 Å². The molecule has 1 aliphatic heterocycles. The molecule has 4 aromatic rings. The maximum atomic E-state index is 12.4. The number of rotatable bonds is 5. The van der Waals surface area contributed by atoms with Crippen molar-refractivity contribution in [2.24, 2.45) is 7.05 Å². The van der Waals surface area contributed by atoms with Crippen LogP contribution in [0.2, 0.25) is 0 Å². The van der Waals surface area contributed by atoms with Crippen LogP contribution in [0.1, 0.15) is 6.42 Å². The zero-order chi connectivity index (χ0) is 22.3. The van der Waals surface area contributed by atoms with Gasteiger partial charge in [0.2, 0.25) is 16.0 Å². The minimum absolute atomic E-state index is 0.160. The number of hydrogen-bond acceptors (Lipinski definition) is 7. The summed E-state index contributed by atoms with van der Waals surface area (Å²) < 4.78 is 28.8. The van der Waals surface area contributed by atoms with Crippen molar-refractivity contribution < 1.29 is 8.42 Å². The van der Waals surface area contributed by atoms with Crippen LogP contribution in [0.3, 0.4) is 0 Å². The zero-order valence-corrected chi connectivity index (χ0v) is 19.6. The van der Waals surface area contributed by atoms with Gasteiger partial charge in [0.05, 0.1) is 33.3 Å². The van der Waals surface area contributed by atoms with Crippen LogP contribution in [-0.2, 0) is 17.1 Å². The molecule has 1 aliphatic rings. The Kier molecular flexibility index (Phi) is 5.22. The highest BCUT2D eigenvalue weighted by Gasteiger charge is 2.30. The van der Waals surface area contributed by atoms with E-state index in [1.54, 1.807) is 16.9 Å². The molecule has 0 radical (unpaired) electrons. The van der Waals surface area contributed by atoms with E-state index in [-0.39, 0.29) is 5.75 Å². The van der Waals surface area contributed by atoms with Gasteiger partial charge < -0.3 is 10.6 Å². The van der Waals surface area contributed by atoms with Crippen LogP contribution in [0.4, 0.5) is 28.8 Å². The summed E-state index contributed by atoms with van der Waals surface area (Å²) in [6.45, 7) is 0.468. The molecule has 5 rings (SSSR count). The molecular formula is C21H20BrN7O2S. The summed E-state index contributed by atoms with van der Waals surface area (Å²) in [5.41, 5.74) is 3.08. The molecule has 164 valence electrons. The molecule has 11 heteroatoms. The van der Waals surface area contributed by atoms with E-state index in [4.69, 9.17) is 0 Å². The van der Waals surface area contributed by atoms with Gasteiger partial charge in [-0.05, 0) is 52.7 Å². The fourth-order valence-electron chi connectivity index (χ4n) is 3.70. The number of nitrogens with one attached hydrogen (secondary N) is 2. The quantitative estimate of drug-likeness (QED) is 0.412. The summed E-state index contributed by atoms with van der Waals surface area (Å²) in [6, 6.07) is 13.2. The lowest BCUT2D eigenvalue weighted by atomic mass is 10.2. The summed E-state index contributed by atoms with van der Waals surface area (Å²) in [6.07, 6.45) is 4.08. The Morgan fingerprint density at radius 2 is 1.94 bits per heavy atom. The number of halogens is 1. The number of anilines is 5. The number of aromatic nitrogens is 4. The van der Waals surface area contributed by atoms with Crippen LogP contribution < -0.4 is 14.9 Å². The minimum atomic E-state index is -3.30. The Hall–Kier alpha value is -3.18. The van der Waals surface area contributed by atoms with Gasteiger partial charge in [0.1, 0.15) is 5.82 Å². The smallest absolute Gasteiger partial charge is 0.235 e. The van der Waals surface area contributed by atoms with Crippen LogP contribution in [0.5, 0.6) is 0 Å². The summed E-state index contributed by atoms with van der Waals surface area (Å²) in [7, 11) is -1.41. The zero-order valence-electron chi connectivity index (χ0n) is 17.2. The number of fused-ring (bicyclic) bond motifs is 1. The number of sulfonamides is 1. The second-order valence-electron chi connectivity index (χ2n) is 7.44. The van der Waals surface area contributed by atoms with Crippen molar-refractivity contribution in [3.05, 3.63) is 59.3 Å². The molecule has 0 aliphatic carbocycles. The van der Waals surface area contributed by atoms with Gasteiger partial charge in [-0.1, -0.05) is 12.1 Å². The van der Waals surface area contributed by atoms with Gasteiger partial charge in [-0.3, -0.25) is 8.99 Å². The molecule has 9 nitrogen and oxygen atoms in total. The highest BCUT2D eigenvalue weighted by Crippen LogP contribution is 2.34. The Labute approximate surface area is 193 Å². The standard InChI is InChI=1S/C21H20BrN7O2S/c1-28-19-11-15(8-7-14(19)12-24-28)25-21-23-13-16(22)20(27-21)26-17-5-2-3-6-18(17)29-9-4-10-32(29,30)31/h2-3,5-8,11-13H,4,9-10H2,1H3,(H2,23,25,26,27). The number of nitrogens with zero attached hydrogens (tertiary/aromatic N) is 5. The monoisotopic (exact) mass is 513 g/mol. The second-order valence-corrected chi connectivity index (χ2v) is 10.3. The van der Waals surface area contributed by atoms with Crippen molar-refractivity contribution in [3.63, 3.8) is 0 Å². The lowest BCUT2D eigenvalue weighted by molar-refractivity contribution is 0.599. The molecular weight excluding hydrogens is 494 g/mol. The largest absolute Gasteiger partial charge is 0.337 e. The average molecular weight is 514 g/mol. The van der Waals surface area contributed by atoms with E-state index in [9.17, 15) is 8.42 Å². The Morgan fingerprint density at radius 1 is 1.09 bits per heavy atom. The summed E-state index contributed by atoms with van der Waals surface area (Å²) >= 11 is 3.48. The molecule has 1 saturated heterocycles. The number of para-hydroxylation sites is 2. The molecule has 2 aromatic heterocycles. The predicted molar refractivity (Wildman–Crippen MR) is 129 cm³/mol. The predicted octanol–water partition coefficient (Wildman–Crippen LogP) is 4.15. The van der Waals surface area contributed by atoms with Gasteiger partial charge in [0.25, 0.3) is 0 Å². The van der Waals surface area contributed by atoms with E-state index in [0.717, 1.165) is 16.6 Å². The molecule has 32 heavy (non-hydrogen) atoms. The average Bonchev–Trinajstić information content (AvgIpc) is 3.32. The lowest BCUT2D eigenvalue weighted by Gasteiger charge is -2.21. The summed E-state index contributed by atoms with van der Waals surface area (Å²) in [5.74, 6) is 1.09. The first kappa shape index (κ1) is 20.7. The van der Waals surface area contributed by atoms with Crippen LogP contribution >= 0.6 is 15.9 Å². The summed E-state index contributed by atoms with van der Waals surface area (Å²) in [5, 5.41) is 11.8. The van der Waals surface area contributed by atoms with Crippen LogP contribution in [0, 0.1) is 0 Å². The van der Waals surface area contributed by atoms with Crippen molar-refractivity contribution in [2.45, 2.75) is 6.42 Å². The third kappa shape index (κ3) is 3.89. The molecule has 0 unspecified atom stereocenters. The molecule has 0 spiro atoms. The fourth-order valence-corrected chi connectivity index (χ4v) is 5.57. The molecule has 2 aromatic carbocycles. The Bertz CT molecular complexity index is 1420. The van der Waals surface area contributed by atoms with Crippen molar-refractivity contribution >= 4 is 65.7 Å². The Balaban J connectivity index is 1.44. The summed E-state index contributed by atoms with van der Waals surface area (Å²) in [4.78, 5) is 8.94. The van der Waals surface area contributed by atoms with Gasteiger partial charge in [-0.15, -0.1) is 0 Å². The SMILES string of the molecule is Cn1ncc2ccc(Nc3ncc(Br)c(Nc4ccccc4N4CCCS4(=O)=O)n3)cc21. The van der Waals surface area contributed by atoms with Crippen molar-refractivity contribution in [1.29, 1.82) is 0 Å². The first-order chi connectivity index (χ1) is 15.4. The third-order valence-corrected chi connectivity index (χ3v) is 7.71. The maximum absolute atomic E-state index is 12.4. The highest BCUT2D eigenvalue weighted by molar-refractivity contribution is 9.10. The molecule has 0 bridgehead atoms. The van der Waals surface area contributed by atoms with Crippen LogP contribution in [0.25, 0.3) is 10.9 Å². The molecule has 0 amide bonds. The fraction of sp³-hybridized carbons (Fsp3) is 0.190. The second kappa shape index (κ2) is 8.06. The van der Waals surface area contributed by atoms with Crippen LogP contribution in [0.15, 0.2) is 59.3 Å². The number of hydrogen-bond donors (Lipinski definition) is 2. The number of benzene rings is 2. The van der Waals surface area contributed by atoms with Gasteiger partial charge in [-0.25, -0.2) is 13.4 Å². The number of aryl methyl sites for hydroxylation is 1. The first-order valence-electron chi connectivity index (χ1n) is 9.98. The van der Waals surface area contributed by atoms with Gasteiger partial charge in [0.15, 0.2) is 0 Å². The van der Waals surface area contributed by atoms with Gasteiger partial charge >= 0.3 is 0 Å². The minimum Gasteiger partial charge on any atom is -0.337 e. The van der Waals surface area contributed by atoms with E-state index in [1.165, 1.54) is 4.31 Å². The molecule has 0 atom stereocenters. The lowest BCUT2D eigenvalue weighted by Crippen LogP contribution is -2.25. The van der Waals surface area contributed by atoms with Crippen molar-refractivity contribution in [2.75, 3.05) is 27.2 Å². The van der Waals surface area contributed by atoms with E-state index >= 15 is 0 Å². The van der Waals surface area contributed by atoms with Crippen molar-refractivity contribution in [1.82, 2.24) is 19.7 Å². The van der Waals surface area contributed by atoms with Gasteiger partial charge in [0, 0.05) is 30.9 Å². The molecule has 0 saturated carbocycles. The molecule has 3 heterocycles. The van der Waals surface area contributed by atoms with Crippen molar-refractivity contribution in [3.8, 4) is 0 Å². The van der Waals surface area contributed by atoms with E-state index < -0.39 is 10.0 Å². The third-order valence-electron chi connectivity index (χ3n) is 5.27. The highest BCUT2D eigenvalue weighted by atomic mass is 79.9. The first-order valence-corrected chi connectivity index (χ1v) is 12.4. The van der Waals surface area contributed by atoms with Gasteiger partial charge in [-0.2, -0.15) is 10.1 Å². The van der Waals surface area contributed by atoms with E-state index in [1.807, 2.05) is 49.6 Å². The molecule has 2 N–H and O–H groups in total. The maximum Gasteiger partial charge on any atom is 0.235 e. The van der Waals surface area contributed by atoms with E-state index in [0.29, 0.717) is 40.6 Å². The normalized spacial score (nSPS) is 15.2. The van der Waals surface area contributed by atoms with Crippen LogP contribution in [-0.4, -0.2) is 40.5 Å². The Morgan fingerprint density at radius 3 is 2.75 bits per heavy atom. The molecule has 1 fully saturated rings.